The Hall–Kier alpha value is -3.07. The van der Waals surface area contributed by atoms with Crippen molar-refractivity contribution < 1.29 is 0 Å². The van der Waals surface area contributed by atoms with Crippen LogP contribution in [0.1, 0.15) is 11.3 Å². The summed E-state index contributed by atoms with van der Waals surface area (Å²) < 4.78 is 0. The van der Waals surface area contributed by atoms with Crippen LogP contribution in [0, 0.1) is 6.92 Å². The molecule has 0 aliphatic heterocycles. The zero-order valence-corrected chi connectivity index (χ0v) is 13.5. The molecule has 1 heterocycles. The van der Waals surface area contributed by atoms with E-state index in [-0.39, 0.29) is 5.43 Å². The number of anilines is 1. The average Bonchev–Trinajstić information content (AvgIpc) is 2.61. The third-order valence-electron chi connectivity index (χ3n) is 4.47. The third-order valence-corrected chi connectivity index (χ3v) is 4.47. The number of para-hydroxylation sites is 1. The number of nitrogens with one attached hydrogen (secondary N) is 2. The lowest BCUT2D eigenvalue weighted by atomic mass is 10.1. The van der Waals surface area contributed by atoms with Gasteiger partial charge in [0.15, 0.2) is 5.43 Å². The van der Waals surface area contributed by atoms with Crippen molar-refractivity contribution in [2.45, 2.75) is 13.5 Å². The number of hydrogen-bond acceptors (Lipinski definition) is 2. The summed E-state index contributed by atoms with van der Waals surface area (Å²) in [5, 5.41) is 6.51. The minimum Gasteiger partial charge on any atom is -0.380 e. The summed E-state index contributed by atoms with van der Waals surface area (Å²) in [5.74, 6) is 0. The van der Waals surface area contributed by atoms with Crippen LogP contribution in [0.2, 0.25) is 0 Å². The molecule has 0 saturated heterocycles. The first kappa shape index (κ1) is 14.5. The number of aromatic nitrogens is 1. The second kappa shape index (κ2) is 5.85. The van der Waals surface area contributed by atoms with Gasteiger partial charge in [-0.1, -0.05) is 48.5 Å². The van der Waals surface area contributed by atoms with E-state index in [0.29, 0.717) is 6.54 Å². The molecule has 3 heteroatoms. The van der Waals surface area contributed by atoms with Crippen molar-refractivity contribution in [3.8, 4) is 0 Å². The first-order valence-corrected chi connectivity index (χ1v) is 8.06. The maximum atomic E-state index is 12.8. The van der Waals surface area contributed by atoms with Gasteiger partial charge in [-0.15, -0.1) is 0 Å². The largest absolute Gasteiger partial charge is 0.380 e. The van der Waals surface area contributed by atoms with Crippen molar-refractivity contribution in [1.29, 1.82) is 0 Å². The first-order valence-electron chi connectivity index (χ1n) is 8.06. The molecular weight excluding hydrogens is 296 g/mol. The Kier molecular flexibility index (Phi) is 3.54. The van der Waals surface area contributed by atoms with Gasteiger partial charge in [0.1, 0.15) is 0 Å². The van der Waals surface area contributed by atoms with Crippen molar-refractivity contribution in [3.05, 3.63) is 88.2 Å². The van der Waals surface area contributed by atoms with Crippen LogP contribution >= 0.6 is 0 Å². The van der Waals surface area contributed by atoms with Crippen LogP contribution in [-0.2, 0) is 6.54 Å². The lowest BCUT2D eigenvalue weighted by Crippen LogP contribution is -2.16. The quantitative estimate of drug-likeness (QED) is 0.580. The lowest BCUT2D eigenvalue weighted by molar-refractivity contribution is 1.06. The minimum atomic E-state index is 0.0922. The number of rotatable bonds is 3. The molecule has 2 N–H and O–H groups in total. The Morgan fingerprint density at radius 3 is 2.46 bits per heavy atom. The Balaban J connectivity index is 1.73. The molecular formula is C21H18N2O. The van der Waals surface area contributed by atoms with Crippen LogP contribution in [-0.4, -0.2) is 4.98 Å². The number of fused-ring (bicyclic) bond motifs is 2. The molecule has 0 aliphatic carbocycles. The van der Waals surface area contributed by atoms with Gasteiger partial charge in [0.05, 0.1) is 0 Å². The SMILES string of the molecule is Cc1[nH]c2ccccc2c(=O)c1CNc1cccc2ccccc12. The third kappa shape index (κ3) is 2.44. The van der Waals surface area contributed by atoms with E-state index in [1.54, 1.807) is 0 Å². The Labute approximate surface area is 140 Å². The molecule has 1 aromatic heterocycles. The maximum absolute atomic E-state index is 12.8. The van der Waals surface area contributed by atoms with Crippen molar-refractivity contribution in [2.75, 3.05) is 5.32 Å². The van der Waals surface area contributed by atoms with Gasteiger partial charge in [-0.25, -0.2) is 0 Å². The molecule has 24 heavy (non-hydrogen) atoms. The molecule has 0 amide bonds. The van der Waals surface area contributed by atoms with Crippen molar-refractivity contribution >= 4 is 27.4 Å². The summed E-state index contributed by atoms with van der Waals surface area (Å²) in [4.78, 5) is 16.1. The highest BCUT2D eigenvalue weighted by Crippen LogP contribution is 2.23. The van der Waals surface area contributed by atoms with E-state index in [2.05, 4.69) is 28.5 Å². The molecule has 118 valence electrons. The van der Waals surface area contributed by atoms with Crippen molar-refractivity contribution in [2.24, 2.45) is 0 Å². The molecule has 0 aliphatic rings. The fourth-order valence-corrected chi connectivity index (χ4v) is 3.18. The molecule has 0 fully saturated rings. The van der Waals surface area contributed by atoms with E-state index >= 15 is 0 Å². The van der Waals surface area contributed by atoms with Gasteiger partial charge in [-0.05, 0) is 30.5 Å². The summed E-state index contributed by atoms with van der Waals surface area (Å²) in [5.41, 5.74) is 3.71. The number of aromatic amines is 1. The summed E-state index contributed by atoms with van der Waals surface area (Å²) in [7, 11) is 0. The second-order valence-corrected chi connectivity index (χ2v) is 5.98. The number of hydrogen-bond donors (Lipinski definition) is 2. The zero-order chi connectivity index (χ0) is 16.5. The van der Waals surface area contributed by atoms with Crippen molar-refractivity contribution in [1.82, 2.24) is 4.98 Å². The number of benzene rings is 3. The van der Waals surface area contributed by atoms with E-state index in [9.17, 15) is 4.79 Å². The summed E-state index contributed by atoms with van der Waals surface area (Å²) in [6.07, 6.45) is 0. The molecule has 0 bridgehead atoms. The monoisotopic (exact) mass is 314 g/mol. The van der Waals surface area contributed by atoms with Gasteiger partial charge in [-0.3, -0.25) is 4.79 Å². The lowest BCUT2D eigenvalue weighted by Gasteiger charge is -2.12. The van der Waals surface area contributed by atoms with E-state index in [0.717, 1.165) is 33.2 Å². The van der Waals surface area contributed by atoms with E-state index in [1.165, 1.54) is 5.39 Å². The molecule has 0 saturated carbocycles. The summed E-state index contributed by atoms with van der Waals surface area (Å²) in [6.45, 7) is 2.45. The van der Waals surface area contributed by atoms with Gasteiger partial charge in [0.25, 0.3) is 0 Å². The number of pyridine rings is 1. The molecule has 3 aromatic carbocycles. The van der Waals surface area contributed by atoms with E-state index in [4.69, 9.17) is 0 Å². The predicted octanol–water partition coefficient (Wildman–Crippen LogP) is 4.60. The fraction of sp³-hybridized carbons (Fsp3) is 0.0952. The van der Waals surface area contributed by atoms with Crippen LogP contribution in [0.3, 0.4) is 0 Å². The van der Waals surface area contributed by atoms with Gasteiger partial charge in [0.2, 0.25) is 0 Å². The molecule has 0 atom stereocenters. The Morgan fingerprint density at radius 1 is 0.875 bits per heavy atom. The van der Waals surface area contributed by atoms with Crippen LogP contribution in [0.15, 0.2) is 71.5 Å². The highest BCUT2D eigenvalue weighted by molar-refractivity contribution is 5.93. The Morgan fingerprint density at radius 2 is 1.58 bits per heavy atom. The zero-order valence-electron chi connectivity index (χ0n) is 13.5. The molecule has 0 radical (unpaired) electrons. The first-order chi connectivity index (χ1) is 11.7. The van der Waals surface area contributed by atoms with E-state index in [1.807, 2.05) is 55.5 Å². The topological polar surface area (TPSA) is 44.9 Å². The summed E-state index contributed by atoms with van der Waals surface area (Å²) >= 11 is 0. The minimum absolute atomic E-state index is 0.0922. The van der Waals surface area contributed by atoms with Crippen molar-refractivity contribution in [3.63, 3.8) is 0 Å². The fourth-order valence-electron chi connectivity index (χ4n) is 3.18. The molecule has 3 nitrogen and oxygen atoms in total. The van der Waals surface area contributed by atoms with Crippen LogP contribution in [0.25, 0.3) is 21.7 Å². The second-order valence-electron chi connectivity index (χ2n) is 5.98. The molecule has 0 spiro atoms. The highest BCUT2D eigenvalue weighted by atomic mass is 16.1. The molecule has 4 rings (SSSR count). The maximum Gasteiger partial charge on any atom is 0.194 e. The molecule has 0 unspecified atom stereocenters. The smallest absolute Gasteiger partial charge is 0.194 e. The predicted molar refractivity (Wildman–Crippen MR) is 101 cm³/mol. The summed E-state index contributed by atoms with van der Waals surface area (Å²) in [6, 6.07) is 22.1. The van der Waals surface area contributed by atoms with Gasteiger partial charge in [-0.2, -0.15) is 0 Å². The normalized spacial score (nSPS) is 11.0. The van der Waals surface area contributed by atoms with Crippen LogP contribution in [0.5, 0.6) is 0 Å². The average molecular weight is 314 g/mol. The standard InChI is InChI=1S/C21H18N2O/c1-14-18(21(24)17-10-4-5-11-20(17)23-14)13-22-19-12-6-8-15-7-2-3-9-16(15)19/h2-12,22H,13H2,1H3,(H,23,24). The van der Waals surface area contributed by atoms with Crippen LogP contribution in [0.4, 0.5) is 5.69 Å². The highest BCUT2D eigenvalue weighted by Gasteiger charge is 2.09. The number of aryl methyl sites for hydroxylation is 1. The van der Waals surface area contributed by atoms with Gasteiger partial charge < -0.3 is 10.3 Å². The van der Waals surface area contributed by atoms with E-state index < -0.39 is 0 Å². The Bertz CT molecular complexity index is 1090. The number of H-pyrrole nitrogens is 1. The van der Waals surface area contributed by atoms with Crippen LogP contribution < -0.4 is 10.7 Å². The van der Waals surface area contributed by atoms with Gasteiger partial charge >= 0.3 is 0 Å². The van der Waals surface area contributed by atoms with Gasteiger partial charge in [0, 0.05) is 39.8 Å². The molecule has 4 aromatic rings.